The van der Waals surface area contributed by atoms with Gasteiger partial charge in [0.15, 0.2) is 0 Å². The average Bonchev–Trinajstić information content (AvgIpc) is 3.17. The molecule has 0 unspecified atom stereocenters. The Hall–Kier alpha value is -2.30. The first-order valence-corrected chi connectivity index (χ1v) is 7.66. The predicted octanol–water partition coefficient (Wildman–Crippen LogP) is 3.23. The second-order valence-corrected chi connectivity index (χ2v) is 5.60. The van der Waals surface area contributed by atoms with E-state index in [-0.39, 0.29) is 12.0 Å². The van der Waals surface area contributed by atoms with Crippen LogP contribution in [0, 0.1) is 6.92 Å². The van der Waals surface area contributed by atoms with Gasteiger partial charge in [-0.3, -0.25) is 4.79 Å². The van der Waals surface area contributed by atoms with Crippen LogP contribution >= 0.6 is 0 Å². The number of nitrogens with zero attached hydrogens (tertiary/aromatic N) is 1. The van der Waals surface area contributed by atoms with Crippen molar-refractivity contribution in [3.63, 3.8) is 0 Å². The highest BCUT2D eigenvalue weighted by Crippen LogP contribution is 2.23. The third-order valence-corrected chi connectivity index (χ3v) is 3.95. The molecule has 1 amide bonds. The zero-order valence-corrected chi connectivity index (χ0v) is 12.7. The van der Waals surface area contributed by atoms with Gasteiger partial charge in [-0.15, -0.1) is 0 Å². The van der Waals surface area contributed by atoms with Crippen LogP contribution in [0.1, 0.15) is 47.4 Å². The number of nitrogens with one attached hydrogen (secondary N) is 1. The number of hydrogen-bond donors (Lipinski definition) is 1. The first-order valence-electron chi connectivity index (χ1n) is 7.66. The number of pyridine rings is 1. The minimum atomic E-state index is -0.138. The molecule has 3 rings (SSSR count). The van der Waals surface area contributed by atoms with E-state index in [4.69, 9.17) is 9.15 Å². The van der Waals surface area contributed by atoms with Crippen LogP contribution in [0.25, 0.3) is 0 Å². The smallest absolute Gasteiger partial charge is 0.255 e. The summed E-state index contributed by atoms with van der Waals surface area (Å²) < 4.78 is 11.0. The molecule has 116 valence electrons. The summed E-state index contributed by atoms with van der Waals surface area (Å²) >= 11 is 0. The van der Waals surface area contributed by atoms with E-state index >= 15 is 0 Å². The number of rotatable bonds is 5. The minimum absolute atomic E-state index is 0.138. The average molecular weight is 300 g/mol. The predicted molar refractivity (Wildman–Crippen MR) is 81.7 cm³/mol. The van der Waals surface area contributed by atoms with Gasteiger partial charge in [0.2, 0.25) is 5.88 Å². The lowest BCUT2D eigenvalue weighted by Crippen LogP contribution is -2.23. The molecular weight excluding hydrogens is 280 g/mol. The van der Waals surface area contributed by atoms with Gasteiger partial charge in [-0.05, 0) is 50.3 Å². The van der Waals surface area contributed by atoms with Crippen LogP contribution in [0.5, 0.6) is 5.88 Å². The second kappa shape index (κ2) is 6.64. The fourth-order valence-corrected chi connectivity index (χ4v) is 2.70. The Morgan fingerprint density at radius 1 is 1.41 bits per heavy atom. The molecule has 22 heavy (non-hydrogen) atoms. The van der Waals surface area contributed by atoms with Crippen molar-refractivity contribution in [1.82, 2.24) is 10.3 Å². The van der Waals surface area contributed by atoms with Crippen molar-refractivity contribution < 1.29 is 13.9 Å². The lowest BCUT2D eigenvalue weighted by atomic mass is 10.2. The molecule has 0 saturated heterocycles. The molecule has 0 aromatic carbocycles. The fraction of sp³-hybridized carbons (Fsp3) is 0.412. The summed E-state index contributed by atoms with van der Waals surface area (Å²) in [6, 6.07) is 5.44. The SMILES string of the molecule is Cc1occc1C(=O)NCc1ccnc(OC2CCCC2)c1. The molecule has 1 aliphatic rings. The number of carbonyl (C=O) groups excluding carboxylic acids is 1. The molecule has 2 aromatic rings. The normalized spacial score (nSPS) is 15.0. The van der Waals surface area contributed by atoms with Crippen molar-refractivity contribution in [2.75, 3.05) is 0 Å². The van der Waals surface area contributed by atoms with Crippen LogP contribution in [0.4, 0.5) is 0 Å². The molecular formula is C17H20N2O3. The van der Waals surface area contributed by atoms with E-state index < -0.39 is 0 Å². The third-order valence-electron chi connectivity index (χ3n) is 3.95. The summed E-state index contributed by atoms with van der Waals surface area (Å²) in [5.74, 6) is 1.12. The molecule has 0 atom stereocenters. The molecule has 0 aliphatic heterocycles. The molecule has 5 heteroatoms. The molecule has 2 heterocycles. The van der Waals surface area contributed by atoms with E-state index in [9.17, 15) is 4.79 Å². The van der Waals surface area contributed by atoms with Gasteiger partial charge in [0.1, 0.15) is 11.9 Å². The third kappa shape index (κ3) is 3.47. The Morgan fingerprint density at radius 2 is 2.23 bits per heavy atom. The standard InChI is InChI=1S/C17H20N2O3/c1-12-15(7-9-21-12)17(20)19-11-13-6-8-18-16(10-13)22-14-4-2-3-5-14/h6-10,14H,2-5,11H2,1H3,(H,19,20). The van der Waals surface area contributed by atoms with Crippen molar-refractivity contribution in [3.8, 4) is 5.88 Å². The zero-order valence-electron chi connectivity index (χ0n) is 12.7. The van der Waals surface area contributed by atoms with E-state index in [1.807, 2.05) is 12.1 Å². The number of furan rings is 1. The van der Waals surface area contributed by atoms with Gasteiger partial charge in [-0.1, -0.05) is 0 Å². The van der Waals surface area contributed by atoms with Gasteiger partial charge in [0, 0.05) is 18.8 Å². The molecule has 0 spiro atoms. The highest BCUT2D eigenvalue weighted by atomic mass is 16.5. The maximum atomic E-state index is 12.0. The maximum Gasteiger partial charge on any atom is 0.255 e. The monoisotopic (exact) mass is 300 g/mol. The highest BCUT2D eigenvalue weighted by Gasteiger charge is 2.17. The van der Waals surface area contributed by atoms with Crippen LogP contribution in [0.3, 0.4) is 0 Å². The summed E-state index contributed by atoms with van der Waals surface area (Å²) in [5, 5.41) is 2.88. The van der Waals surface area contributed by atoms with Gasteiger partial charge in [0.25, 0.3) is 5.91 Å². The van der Waals surface area contributed by atoms with Crippen LogP contribution < -0.4 is 10.1 Å². The Bertz CT molecular complexity index is 645. The molecule has 1 aliphatic carbocycles. The highest BCUT2D eigenvalue weighted by molar-refractivity contribution is 5.94. The van der Waals surface area contributed by atoms with E-state index in [1.165, 1.54) is 19.1 Å². The van der Waals surface area contributed by atoms with Gasteiger partial charge >= 0.3 is 0 Å². The number of ether oxygens (including phenoxy) is 1. The molecule has 1 N–H and O–H groups in total. The first-order chi connectivity index (χ1) is 10.7. The van der Waals surface area contributed by atoms with Crippen LogP contribution in [-0.4, -0.2) is 17.0 Å². The lowest BCUT2D eigenvalue weighted by molar-refractivity contribution is 0.0949. The maximum absolute atomic E-state index is 12.0. The Kier molecular flexibility index (Phi) is 4.42. The van der Waals surface area contributed by atoms with E-state index in [2.05, 4.69) is 10.3 Å². The number of aryl methyl sites for hydroxylation is 1. The Balaban J connectivity index is 1.58. The molecule has 5 nitrogen and oxygen atoms in total. The van der Waals surface area contributed by atoms with Crippen molar-refractivity contribution in [2.45, 2.75) is 45.3 Å². The van der Waals surface area contributed by atoms with Crippen LogP contribution in [0.15, 0.2) is 35.1 Å². The Morgan fingerprint density at radius 3 is 2.95 bits per heavy atom. The fourth-order valence-electron chi connectivity index (χ4n) is 2.70. The van der Waals surface area contributed by atoms with E-state index in [0.29, 0.717) is 23.7 Å². The van der Waals surface area contributed by atoms with Gasteiger partial charge in [-0.2, -0.15) is 0 Å². The second-order valence-electron chi connectivity index (χ2n) is 5.60. The summed E-state index contributed by atoms with van der Waals surface area (Å²) in [7, 11) is 0. The summed E-state index contributed by atoms with van der Waals surface area (Å²) in [4.78, 5) is 16.3. The quantitative estimate of drug-likeness (QED) is 0.920. The topological polar surface area (TPSA) is 64.4 Å². The van der Waals surface area contributed by atoms with Crippen molar-refractivity contribution in [1.29, 1.82) is 0 Å². The number of amides is 1. The first kappa shape index (κ1) is 14.6. The molecule has 1 saturated carbocycles. The van der Waals surface area contributed by atoms with Gasteiger partial charge in [-0.25, -0.2) is 4.98 Å². The minimum Gasteiger partial charge on any atom is -0.474 e. The number of aromatic nitrogens is 1. The largest absolute Gasteiger partial charge is 0.474 e. The molecule has 0 radical (unpaired) electrons. The van der Waals surface area contributed by atoms with Crippen molar-refractivity contribution >= 4 is 5.91 Å². The Labute approximate surface area is 129 Å². The van der Waals surface area contributed by atoms with Gasteiger partial charge in [0.05, 0.1) is 11.8 Å². The van der Waals surface area contributed by atoms with Crippen LogP contribution in [0.2, 0.25) is 0 Å². The van der Waals surface area contributed by atoms with Gasteiger partial charge < -0.3 is 14.5 Å². The number of hydrogen-bond acceptors (Lipinski definition) is 4. The number of carbonyl (C=O) groups is 1. The zero-order chi connectivity index (χ0) is 15.4. The summed E-state index contributed by atoms with van der Waals surface area (Å²) in [6.07, 6.45) is 8.17. The van der Waals surface area contributed by atoms with Crippen molar-refractivity contribution in [2.24, 2.45) is 0 Å². The van der Waals surface area contributed by atoms with Crippen LogP contribution in [-0.2, 0) is 6.54 Å². The molecule has 0 bridgehead atoms. The summed E-state index contributed by atoms with van der Waals surface area (Å²) in [5.41, 5.74) is 1.54. The molecule has 1 fully saturated rings. The van der Waals surface area contributed by atoms with Crippen molar-refractivity contribution in [3.05, 3.63) is 47.5 Å². The van der Waals surface area contributed by atoms with E-state index in [1.54, 1.807) is 19.2 Å². The lowest BCUT2D eigenvalue weighted by Gasteiger charge is -2.12. The molecule has 2 aromatic heterocycles. The summed E-state index contributed by atoms with van der Waals surface area (Å²) in [6.45, 7) is 2.21. The van der Waals surface area contributed by atoms with E-state index in [0.717, 1.165) is 18.4 Å².